The predicted octanol–water partition coefficient (Wildman–Crippen LogP) is 1.70. The van der Waals surface area contributed by atoms with Crippen LogP contribution in [-0.4, -0.2) is 0 Å². The van der Waals surface area contributed by atoms with Crippen molar-refractivity contribution in [1.29, 1.82) is 0 Å². The first-order valence-corrected chi connectivity index (χ1v) is 3.50. The van der Waals surface area contributed by atoms with Gasteiger partial charge in [-0.3, -0.25) is 4.79 Å². The molecule has 0 aliphatic rings. The maximum Gasteiger partial charge on any atom is 0.240 e. The zero-order valence-electron chi connectivity index (χ0n) is 4.63. The SMILES string of the molecule is O=c1sc2ccc1cc2. The number of hydrogen-bond donors (Lipinski definition) is 0. The van der Waals surface area contributed by atoms with E-state index in [1.165, 1.54) is 11.3 Å². The molecule has 0 atom stereocenters. The van der Waals surface area contributed by atoms with E-state index >= 15 is 0 Å². The van der Waals surface area contributed by atoms with Crippen LogP contribution in [0, 0.1) is 0 Å². The summed E-state index contributed by atoms with van der Waals surface area (Å²) in [5.41, 5.74) is 0. The second-order valence-corrected chi connectivity index (χ2v) is 2.96. The van der Waals surface area contributed by atoms with Crippen molar-refractivity contribution in [3.05, 3.63) is 33.8 Å². The number of hydrogen-bond acceptors (Lipinski definition) is 2. The van der Waals surface area contributed by atoms with Crippen molar-refractivity contribution in [2.45, 2.75) is 0 Å². The lowest BCUT2D eigenvalue weighted by atomic mass is 10.3. The van der Waals surface area contributed by atoms with Gasteiger partial charge in [0.15, 0.2) is 0 Å². The van der Waals surface area contributed by atoms with E-state index in [1.54, 1.807) is 0 Å². The molecule has 0 N–H and O–H groups in total. The summed E-state index contributed by atoms with van der Waals surface area (Å²) in [5, 5.41) is 0.815. The third-order valence-electron chi connectivity index (χ3n) is 1.30. The van der Waals surface area contributed by atoms with Crippen LogP contribution in [0.1, 0.15) is 0 Å². The van der Waals surface area contributed by atoms with E-state index < -0.39 is 0 Å². The van der Waals surface area contributed by atoms with E-state index in [1.807, 2.05) is 24.3 Å². The van der Waals surface area contributed by atoms with Crippen LogP contribution in [0.25, 0.3) is 10.1 Å². The molecule has 1 aromatic carbocycles. The van der Waals surface area contributed by atoms with Gasteiger partial charge in [-0.05, 0) is 24.3 Å². The second-order valence-electron chi connectivity index (χ2n) is 1.91. The van der Waals surface area contributed by atoms with Crippen LogP contribution in [0.5, 0.6) is 0 Å². The highest BCUT2D eigenvalue weighted by Gasteiger charge is 1.94. The first kappa shape index (κ1) is 4.94. The van der Waals surface area contributed by atoms with Gasteiger partial charge < -0.3 is 0 Å². The van der Waals surface area contributed by atoms with Gasteiger partial charge in [0.2, 0.25) is 4.74 Å². The number of rotatable bonds is 0. The summed E-state index contributed by atoms with van der Waals surface area (Å²) >= 11 is 1.30. The fourth-order valence-electron chi connectivity index (χ4n) is 0.825. The summed E-state index contributed by atoms with van der Waals surface area (Å²) < 4.78 is 1.23. The first-order valence-electron chi connectivity index (χ1n) is 2.68. The van der Waals surface area contributed by atoms with Gasteiger partial charge in [-0.25, -0.2) is 0 Å². The quantitative estimate of drug-likeness (QED) is 0.538. The molecular formula is C7H4OS. The van der Waals surface area contributed by atoms with Gasteiger partial charge in [-0.15, -0.1) is 0 Å². The number of benzene rings is 1. The molecule has 2 heteroatoms. The summed E-state index contributed by atoms with van der Waals surface area (Å²) in [6.07, 6.45) is 0. The monoisotopic (exact) mass is 136 g/mol. The van der Waals surface area contributed by atoms with E-state index in [2.05, 4.69) is 0 Å². The molecule has 2 aromatic heterocycles. The molecule has 0 amide bonds. The molecule has 3 rings (SSSR count). The Bertz CT molecular complexity index is 343. The lowest BCUT2D eigenvalue weighted by molar-refractivity contribution is 1.81. The van der Waals surface area contributed by atoms with Gasteiger partial charge in [0, 0.05) is 10.1 Å². The van der Waals surface area contributed by atoms with Crippen molar-refractivity contribution in [1.82, 2.24) is 0 Å². The fourth-order valence-corrected chi connectivity index (χ4v) is 1.57. The van der Waals surface area contributed by atoms with E-state index in [4.69, 9.17) is 0 Å². The Kier molecular flexibility index (Phi) is 0.848. The fraction of sp³-hybridized carbons (Fsp3) is 0. The van der Waals surface area contributed by atoms with Gasteiger partial charge in [0.05, 0.1) is 0 Å². The molecule has 2 bridgehead atoms. The normalized spacial score (nSPS) is 10.7. The standard InChI is InChI=1S/C7H4OS/c8-7-5-1-3-6(9-7)4-2-5/h1-4H. The zero-order chi connectivity index (χ0) is 6.27. The minimum Gasteiger partial charge on any atom is -0.277 e. The van der Waals surface area contributed by atoms with Crippen molar-refractivity contribution in [2.24, 2.45) is 0 Å². The van der Waals surface area contributed by atoms with Gasteiger partial charge >= 0.3 is 0 Å². The average Bonchev–Trinajstić information content (AvgIpc) is 1.90. The molecule has 1 nitrogen and oxygen atoms in total. The van der Waals surface area contributed by atoms with Gasteiger partial charge in [-0.1, -0.05) is 11.3 Å². The van der Waals surface area contributed by atoms with Gasteiger partial charge in [-0.2, -0.15) is 0 Å². The Morgan fingerprint density at radius 2 is 1.78 bits per heavy atom. The Balaban J connectivity index is 3.16. The van der Waals surface area contributed by atoms with Crippen molar-refractivity contribution in [2.75, 3.05) is 0 Å². The van der Waals surface area contributed by atoms with Gasteiger partial charge in [0.25, 0.3) is 0 Å². The molecule has 0 fully saturated rings. The minimum atomic E-state index is 0.176. The van der Waals surface area contributed by atoms with Crippen LogP contribution in [0.3, 0.4) is 0 Å². The summed E-state index contributed by atoms with van der Waals surface area (Å²) in [5.74, 6) is 0. The molecule has 0 aliphatic carbocycles. The molecule has 2 heterocycles. The third kappa shape index (κ3) is 0.634. The maximum absolute atomic E-state index is 10.9. The second kappa shape index (κ2) is 1.54. The lowest BCUT2D eigenvalue weighted by Crippen LogP contribution is -1.93. The average molecular weight is 136 g/mol. The molecule has 0 radical (unpaired) electrons. The summed E-state index contributed by atoms with van der Waals surface area (Å²) in [6, 6.07) is 7.63. The molecule has 0 spiro atoms. The Morgan fingerprint density at radius 1 is 1.11 bits per heavy atom. The highest BCUT2D eigenvalue weighted by molar-refractivity contribution is 7.15. The molecule has 9 heavy (non-hydrogen) atoms. The van der Waals surface area contributed by atoms with E-state index in [0.717, 1.165) is 10.1 Å². The molecule has 0 saturated heterocycles. The van der Waals surface area contributed by atoms with E-state index in [0.29, 0.717) is 0 Å². The molecule has 44 valence electrons. The molecule has 0 unspecified atom stereocenters. The first-order chi connectivity index (χ1) is 4.36. The van der Waals surface area contributed by atoms with Crippen molar-refractivity contribution >= 4 is 21.4 Å². The topological polar surface area (TPSA) is 17.1 Å². The zero-order valence-corrected chi connectivity index (χ0v) is 5.44. The van der Waals surface area contributed by atoms with Crippen molar-refractivity contribution < 1.29 is 0 Å². The maximum atomic E-state index is 10.9. The largest absolute Gasteiger partial charge is 0.277 e. The van der Waals surface area contributed by atoms with Crippen molar-refractivity contribution in [3.63, 3.8) is 0 Å². The van der Waals surface area contributed by atoms with E-state index in [9.17, 15) is 4.79 Å². The molecule has 3 aromatic rings. The summed E-state index contributed by atoms with van der Waals surface area (Å²) in [7, 11) is 0. The minimum absolute atomic E-state index is 0.176. The Labute approximate surface area is 55.9 Å². The van der Waals surface area contributed by atoms with Crippen LogP contribution >= 0.6 is 11.3 Å². The summed E-state index contributed by atoms with van der Waals surface area (Å²) in [4.78, 5) is 10.9. The lowest BCUT2D eigenvalue weighted by Gasteiger charge is -1.91. The highest BCUT2D eigenvalue weighted by atomic mass is 32.1. The van der Waals surface area contributed by atoms with Gasteiger partial charge in [0.1, 0.15) is 0 Å². The third-order valence-corrected chi connectivity index (χ3v) is 2.23. The molecule has 0 aliphatic heterocycles. The van der Waals surface area contributed by atoms with Crippen LogP contribution in [0.4, 0.5) is 0 Å². The molecular weight excluding hydrogens is 132 g/mol. The Hall–Kier alpha value is -0.890. The smallest absolute Gasteiger partial charge is 0.240 e. The van der Waals surface area contributed by atoms with E-state index in [-0.39, 0.29) is 4.74 Å². The highest BCUT2D eigenvalue weighted by Crippen LogP contribution is 2.10. The van der Waals surface area contributed by atoms with Crippen LogP contribution in [-0.2, 0) is 0 Å². The Morgan fingerprint density at radius 3 is 2.00 bits per heavy atom. The molecule has 0 saturated carbocycles. The summed E-state index contributed by atoms with van der Waals surface area (Å²) in [6.45, 7) is 0. The van der Waals surface area contributed by atoms with Crippen LogP contribution < -0.4 is 4.74 Å². The van der Waals surface area contributed by atoms with Crippen LogP contribution in [0.2, 0.25) is 0 Å². The predicted molar refractivity (Wildman–Crippen MR) is 39.3 cm³/mol. The van der Waals surface area contributed by atoms with Crippen molar-refractivity contribution in [3.8, 4) is 0 Å². The number of fused-ring (bicyclic) bond motifs is 3. The van der Waals surface area contributed by atoms with Crippen LogP contribution in [0.15, 0.2) is 29.1 Å².